The van der Waals surface area contributed by atoms with Gasteiger partial charge < -0.3 is 14.2 Å². The van der Waals surface area contributed by atoms with Gasteiger partial charge >= 0.3 is 5.97 Å². The normalized spacial score (nSPS) is 11.4. The molecule has 0 bridgehead atoms. The van der Waals surface area contributed by atoms with Crippen LogP contribution in [0.25, 0.3) is 0 Å². The largest absolute Gasteiger partial charge is 0.493 e. The van der Waals surface area contributed by atoms with Gasteiger partial charge in [-0.05, 0) is 37.3 Å². The summed E-state index contributed by atoms with van der Waals surface area (Å²) in [5.74, 6) is -0.373. The highest BCUT2D eigenvalue weighted by molar-refractivity contribution is 7.98. The van der Waals surface area contributed by atoms with E-state index in [1.165, 1.54) is 18.9 Å². The molecule has 0 aromatic heterocycles. The number of hydrogen-bond donors (Lipinski definition) is 0. The molecule has 1 aromatic carbocycles. The summed E-state index contributed by atoms with van der Waals surface area (Å²) in [6, 6.07) is 5.43. The molecule has 1 atom stereocenters. The summed E-state index contributed by atoms with van der Waals surface area (Å²) >= 11 is 1.48. The first-order valence-corrected chi connectivity index (χ1v) is 8.30. The number of hydrogen-bond acceptors (Lipinski definition) is 6. The Labute approximate surface area is 135 Å². The van der Waals surface area contributed by atoms with Crippen LogP contribution < -0.4 is 9.47 Å². The van der Waals surface area contributed by atoms with Gasteiger partial charge in [0.25, 0.3) is 0 Å². The third-order valence-electron chi connectivity index (χ3n) is 2.92. The van der Waals surface area contributed by atoms with Gasteiger partial charge in [0.15, 0.2) is 17.4 Å². The second-order valence-electron chi connectivity index (χ2n) is 4.42. The molecule has 0 aliphatic rings. The number of nitriles is 1. The molecule has 0 N–H and O–H groups in total. The van der Waals surface area contributed by atoms with Crippen LogP contribution >= 0.6 is 11.8 Å². The Kier molecular flexibility index (Phi) is 7.61. The number of carbonyl (C=O) groups excluding carboxylic acids is 1. The van der Waals surface area contributed by atoms with Gasteiger partial charge in [-0.1, -0.05) is 6.92 Å². The molecule has 0 saturated heterocycles. The van der Waals surface area contributed by atoms with E-state index in [-0.39, 0.29) is 6.61 Å². The molecule has 1 unspecified atom stereocenters. The quantitative estimate of drug-likeness (QED) is 0.539. The molecule has 5 nitrogen and oxygen atoms in total. The molecule has 0 fully saturated rings. The maximum atomic E-state index is 11.9. The van der Waals surface area contributed by atoms with Gasteiger partial charge in [0.2, 0.25) is 0 Å². The van der Waals surface area contributed by atoms with Crippen molar-refractivity contribution in [3.05, 3.63) is 17.7 Å². The standard InChI is InChI=1S/C16H21NO4S/c1-5-7-21-15-13(19-3)8-11(9-14(15)22-4)12(10-17)16(18)20-6-2/h8-9,12H,5-7H2,1-4H3. The van der Waals surface area contributed by atoms with Gasteiger partial charge in [-0.15, -0.1) is 11.8 Å². The lowest BCUT2D eigenvalue weighted by Crippen LogP contribution is -2.15. The van der Waals surface area contributed by atoms with Crippen molar-refractivity contribution in [2.45, 2.75) is 31.1 Å². The van der Waals surface area contributed by atoms with E-state index in [0.29, 0.717) is 23.7 Å². The number of carbonyl (C=O) groups is 1. The first kappa shape index (κ1) is 18.2. The lowest BCUT2D eigenvalue weighted by Gasteiger charge is -2.17. The third-order valence-corrected chi connectivity index (χ3v) is 3.66. The number of esters is 1. The first-order chi connectivity index (χ1) is 10.6. The van der Waals surface area contributed by atoms with Crippen LogP contribution in [0.4, 0.5) is 0 Å². The molecule has 1 aromatic rings. The molecule has 0 amide bonds. The number of nitrogens with zero attached hydrogens (tertiary/aromatic N) is 1. The van der Waals surface area contributed by atoms with Gasteiger partial charge in [0, 0.05) is 0 Å². The van der Waals surface area contributed by atoms with E-state index in [4.69, 9.17) is 14.2 Å². The fourth-order valence-electron chi connectivity index (χ4n) is 1.90. The molecule has 0 saturated carbocycles. The smallest absolute Gasteiger partial charge is 0.327 e. The Morgan fingerprint density at radius 3 is 2.64 bits per heavy atom. The fourth-order valence-corrected chi connectivity index (χ4v) is 2.50. The van der Waals surface area contributed by atoms with Crippen LogP contribution in [0.15, 0.2) is 17.0 Å². The maximum absolute atomic E-state index is 11.9. The van der Waals surface area contributed by atoms with Crippen LogP contribution in [0.1, 0.15) is 31.7 Å². The van der Waals surface area contributed by atoms with Crippen LogP contribution in [-0.2, 0) is 9.53 Å². The maximum Gasteiger partial charge on any atom is 0.327 e. The lowest BCUT2D eigenvalue weighted by atomic mass is 10.00. The molecule has 0 radical (unpaired) electrons. The van der Waals surface area contributed by atoms with Gasteiger partial charge in [-0.2, -0.15) is 5.26 Å². The van der Waals surface area contributed by atoms with Crippen molar-refractivity contribution in [2.75, 3.05) is 26.6 Å². The molecule has 0 spiro atoms. The Morgan fingerprint density at radius 1 is 1.41 bits per heavy atom. The summed E-state index contributed by atoms with van der Waals surface area (Å²) in [5, 5.41) is 9.28. The second-order valence-corrected chi connectivity index (χ2v) is 5.27. The van der Waals surface area contributed by atoms with Gasteiger partial charge in [-0.25, -0.2) is 0 Å². The van der Waals surface area contributed by atoms with Crippen molar-refractivity contribution in [2.24, 2.45) is 0 Å². The molecule has 1 rings (SSSR count). The zero-order valence-electron chi connectivity index (χ0n) is 13.3. The predicted molar refractivity (Wildman–Crippen MR) is 85.5 cm³/mol. The fraction of sp³-hybridized carbons (Fsp3) is 0.500. The predicted octanol–water partition coefficient (Wildman–Crippen LogP) is 3.38. The van der Waals surface area contributed by atoms with E-state index >= 15 is 0 Å². The lowest BCUT2D eigenvalue weighted by molar-refractivity contribution is -0.143. The van der Waals surface area contributed by atoms with Crippen molar-refractivity contribution in [1.82, 2.24) is 0 Å². The zero-order valence-corrected chi connectivity index (χ0v) is 14.2. The van der Waals surface area contributed by atoms with Crippen LogP contribution in [-0.4, -0.2) is 32.5 Å². The average Bonchev–Trinajstić information content (AvgIpc) is 2.53. The topological polar surface area (TPSA) is 68.5 Å². The van der Waals surface area contributed by atoms with E-state index in [0.717, 1.165) is 11.3 Å². The zero-order chi connectivity index (χ0) is 16.5. The highest BCUT2D eigenvalue weighted by Gasteiger charge is 2.25. The molecular formula is C16H21NO4S. The summed E-state index contributed by atoms with van der Waals surface area (Å²) in [6.07, 6.45) is 2.78. The van der Waals surface area contributed by atoms with Crippen molar-refractivity contribution in [3.63, 3.8) is 0 Å². The molecule has 0 aliphatic carbocycles. The van der Waals surface area contributed by atoms with E-state index in [1.807, 2.05) is 19.2 Å². The van der Waals surface area contributed by atoms with Crippen LogP contribution in [0.2, 0.25) is 0 Å². The molecular weight excluding hydrogens is 302 g/mol. The Bertz CT molecular complexity index is 529. The van der Waals surface area contributed by atoms with Gasteiger partial charge in [0.1, 0.15) is 0 Å². The van der Waals surface area contributed by atoms with E-state index in [2.05, 4.69) is 0 Å². The number of thioether (sulfide) groups is 1. The SMILES string of the molecule is CCCOc1c(OC)cc(C(C#N)C(=O)OCC)cc1SC. The summed E-state index contributed by atoms with van der Waals surface area (Å²) in [7, 11) is 1.54. The number of ether oxygens (including phenoxy) is 3. The summed E-state index contributed by atoms with van der Waals surface area (Å²) in [6.45, 7) is 4.54. The monoisotopic (exact) mass is 323 g/mol. The van der Waals surface area contributed by atoms with Crippen molar-refractivity contribution < 1.29 is 19.0 Å². The number of rotatable bonds is 8. The van der Waals surface area contributed by atoms with Crippen molar-refractivity contribution >= 4 is 17.7 Å². The first-order valence-electron chi connectivity index (χ1n) is 7.07. The highest BCUT2D eigenvalue weighted by atomic mass is 32.2. The minimum absolute atomic E-state index is 0.237. The Balaban J connectivity index is 3.27. The van der Waals surface area contributed by atoms with Crippen molar-refractivity contribution in [3.8, 4) is 17.6 Å². The van der Waals surface area contributed by atoms with Crippen LogP contribution in [0, 0.1) is 11.3 Å². The molecule has 22 heavy (non-hydrogen) atoms. The average molecular weight is 323 g/mol. The minimum atomic E-state index is -0.972. The Morgan fingerprint density at radius 2 is 2.14 bits per heavy atom. The number of benzene rings is 1. The third kappa shape index (κ3) is 4.31. The molecule has 0 heterocycles. The van der Waals surface area contributed by atoms with Crippen LogP contribution in [0.5, 0.6) is 11.5 Å². The van der Waals surface area contributed by atoms with Gasteiger partial charge in [-0.3, -0.25) is 4.79 Å². The summed E-state index contributed by atoms with van der Waals surface area (Å²) in [5.41, 5.74) is 0.547. The van der Waals surface area contributed by atoms with Crippen LogP contribution in [0.3, 0.4) is 0 Å². The van der Waals surface area contributed by atoms with Crippen molar-refractivity contribution in [1.29, 1.82) is 5.26 Å². The van der Waals surface area contributed by atoms with E-state index in [1.54, 1.807) is 19.1 Å². The van der Waals surface area contributed by atoms with Gasteiger partial charge in [0.05, 0.1) is 31.3 Å². The van der Waals surface area contributed by atoms with E-state index in [9.17, 15) is 10.1 Å². The highest BCUT2D eigenvalue weighted by Crippen LogP contribution is 2.40. The summed E-state index contributed by atoms with van der Waals surface area (Å²) < 4.78 is 16.0. The molecule has 0 aliphatic heterocycles. The number of methoxy groups -OCH3 is 1. The van der Waals surface area contributed by atoms with E-state index < -0.39 is 11.9 Å². The minimum Gasteiger partial charge on any atom is -0.493 e. The summed E-state index contributed by atoms with van der Waals surface area (Å²) in [4.78, 5) is 12.7. The Hall–Kier alpha value is -1.87. The molecule has 6 heteroatoms. The second kappa shape index (κ2) is 9.21. The molecule has 120 valence electrons.